The van der Waals surface area contributed by atoms with Gasteiger partial charge in [-0.2, -0.15) is 0 Å². The molecular weight excluding hydrogens is 458 g/mol. The predicted molar refractivity (Wildman–Crippen MR) is 140 cm³/mol. The Labute approximate surface area is 213 Å². The molecule has 2 aliphatic carbocycles. The van der Waals surface area contributed by atoms with Gasteiger partial charge in [-0.05, 0) is 93.6 Å². The van der Waals surface area contributed by atoms with Gasteiger partial charge in [0.05, 0.1) is 6.61 Å². The number of aryl methyl sites for hydroxylation is 2. The van der Waals surface area contributed by atoms with Crippen molar-refractivity contribution in [1.29, 1.82) is 0 Å². The fourth-order valence-corrected chi connectivity index (χ4v) is 7.49. The SMILES string of the molecule is COC1C(C)=CC2C(C)N(CC3CC3)CCC23c2c(C)ccc(O)c2O[C@@H]13.Cc1ccsc1CO. The summed E-state index contributed by atoms with van der Waals surface area (Å²) in [7, 11) is 1.78. The maximum absolute atomic E-state index is 10.6. The quantitative estimate of drug-likeness (QED) is 0.558. The van der Waals surface area contributed by atoms with Gasteiger partial charge in [0.1, 0.15) is 12.2 Å². The second-order valence-corrected chi connectivity index (χ2v) is 11.9. The molecule has 35 heavy (non-hydrogen) atoms. The van der Waals surface area contributed by atoms with Crippen molar-refractivity contribution in [3.05, 3.63) is 56.8 Å². The number of ether oxygens (including phenoxy) is 2. The average molecular weight is 498 g/mol. The van der Waals surface area contributed by atoms with Crippen LogP contribution in [0.25, 0.3) is 0 Å². The lowest BCUT2D eigenvalue weighted by molar-refractivity contribution is -0.0616. The molecule has 2 N–H and O–H groups in total. The molecule has 0 radical (unpaired) electrons. The number of aromatic hydroxyl groups is 1. The molecule has 2 aromatic rings. The number of hydrogen-bond acceptors (Lipinski definition) is 6. The lowest BCUT2D eigenvalue weighted by Gasteiger charge is -2.55. The molecule has 1 aromatic carbocycles. The van der Waals surface area contributed by atoms with E-state index in [4.69, 9.17) is 14.6 Å². The molecule has 5 nitrogen and oxygen atoms in total. The summed E-state index contributed by atoms with van der Waals surface area (Å²) < 4.78 is 12.4. The van der Waals surface area contributed by atoms with Gasteiger partial charge in [0, 0.05) is 41.5 Å². The number of phenols is 1. The van der Waals surface area contributed by atoms with Gasteiger partial charge in [0.25, 0.3) is 0 Å². The van der Waals surface area contributed by atoms with Gasteiger partial charge in [0.2, 0.25) is 0 Å². The predicted octanol–water partition coefficient (Wildman–Crippen LogP) is 5.34. The molecule has 2 aliphatic heterocycles. The molecule has 4 aliphatic rings. The van der Waals surface area contributed by atoms with Crippen LogP contribution in [0, 0.1) is 25.7 Å². The van der Waals surface area contributed by atoms with E-state index in [-0.39, 0.29) is 30.0 Å². The Bertz CT molecular complexity index is 1110. The van der Waals surface area contributed by atoms with Gasteiger partial charge in [0.15, 0.2) is 11.5 Å². The Kier molecular flexibility index (Phi) is 6.77. The van der Waals surface area contributed by atoms with E-state index < -0.39 is 0 Å². The molecule has 1 aromatic heterocycles. The van der Waals surface area contributed by atoms with Crippen molar-refractivity contribution in [2.45, 2.75) is 77.2 Å². The lowest BCUT2D eigenvalue weighted by Crippen LogP contribution is -2.63. The molecule has 1 spiro atoms. The fraction of sp³-hybridized carbons (Fsp3) is 0.586. The first-order valence-corrected chi connectivity index (χ1v) is 13.8. The van der Waals surface area contributed by atoms with Crippen molar-refractivity contribution in [3.63, 3.8) is 0 Å². The number of benzene rings is 1. The average Bonchev–Trinajstić information content (AvgIpc) is 3.45. The number of aliphatic hydroxyl groups is 1. The molecule has 4 unspecified atom stereocenters. The number of methoxy groups -OCH3 is 1. The molecule has 6 rings (SSSR count). The Morgan fingerprint density at radius 2 is 1.94 bits per heavy atom. The van der Waals surface area contributed by atoms with Crippen molar-refractivity contribution >= 4 is 11.3 Å². The van der Waals surface area contributed by atoms with Gasteiger partial charge in [-0.1, -0.05) is 12.1 Å². The second-order valence-electron chi connectivity index (χ2n) is 10.9. The Hall–Kier alpha value is -1.86. The van der Waals surface area contributed by atoms with Crippen molar-refractivity contribution in [2.24, 2.45) is 11.8 Å². The Balaban J connectivity index is 0.000000271. The molecule has 2 fully saturated rings. The van der Waals surface area contributed by atoms with E-state index in [1.165, 1.54) is 41.6 Å². The van der Waals surface area contributed by atoms with Crippen LogP contribution in [0.5, 0.6) is 11.5 Å². The van der Waals surface area contributed by atoms with Gasteiger partial charge >= 0.3 is 0 Å². The van der Waals surface area contributed by atoms with Gasteiger partial charge in [-0.15, -0.1) is 11.3 Å². The molecule has 0 amide bonds. The first-order valence-electron chi connectivity index (χ1n) is 12.9. The third kappa shape index (κ3) is 4.12. The van der Waals surface area contributed by atoms with Crippen LogP contribution in [0.4, 0.5) is 0 Å². The number of piperidine rings is 1. The number of rotatable bonds is 4. The minimum atomic E-state index is -0.113. The maximum atomic E-state index is 10.6. The van der Waals surface area contributed by atoms with Gasteiger partial charge in [-0.3, -0.25) is 4.90 Å². The summed E-state index contributed by atoms with van der Waals surface area (Å²) in [5.41, 5.74) is 4.78. The van der Waals surface area contributed by atoms with E-state index in [1.54, 1.807) is 24.5 Å². The Morgan fingerprint density at radius 1 is 1.17 bits per heavy atom. The minimum absolute atomic E-state index is 0.0605. The summed E-state index contributed by atoms with van der Waals surface area (Å²) in [5.74, 6) is 2.23. The van der Waals surface area contributed by atoms with Crippen molar-refractivity contribution in [3.8, 4) is 11.5 Å². The largest absolute Gasteiger partial charge is 0.504 e. The molecular formula is C29H39NO4S. The van der Waals surface area contributed by atoms with E-state index in [9.17, 15) is 5.11 Å². The van der Waals surface area contributed by atoms with E-state index in [0.717, 1.165) is 23.8 Å². The number of nitrogens with zero attached hydrogens (tertiary/aromatic N) is 1. The summed E-state index contributed by atoms with van der Waals surface area (Å²) in [6.07, 6.45) is 6.17. The van der Waals surface area contributed by atoms with Crippen LogP contribution in [0.2, 0.25) is 0 Å². The number of aliphatic hydroxyl groups excluding tert-OH is 1. The summed E-state index contributed by atoms with van der Waals surface area (Å²) in [6, 6.07) is 6.28. The second kappa shape index (κ2) is 9.55. The van der Waals surface area contributed by atoms with Crippen LogP contribution >= 0.6 is 11.3 Å². The Morgan fingerprint density at radius 3 is 2.54 bits per heavy atom. The minimum Gasteiger partial charge on any atom is -0.504 e. The van der Waals surface area contributed by atoms with Crippen LogP contribution in [-0.2, 0) is 16.8 Å². The lowest BCUT2D eigenvalue weighted by atomic mass is 9.56. The van der Waals surface area contributed by atoms with Crippen molar-refractivity contribution in [2.75, 3.05) is 20.2 Å². The zero-order valence-corrected chi connectivity index (χ0v) is 22.4. The number of phenolic OH excluding ortho intramolecular Hbond substituents is 1. The van der Waals surface area contributed by atoms with Crippen LogP contribution < -0.4 is 4.74 Å². The van der Waals surface area contributed by atoms with Crippen LogP contribution in [0.1, 0.15) is 54.7 Å². The van der Waals surface area contributed by atoms with Crippen LogP contribution in [-0.4, -0.2) is 53.6 Å². The van der Waals surface area contributed by atoms with Crippen LogP contribution in [0.15, 0.2) is 35.2 Å². The first-order chi connectivity index (χ1) is 16.8. The summed E-state index contributed by atoms with van der Waals surface area (Å²) >= 11 is 1.60. The van der Waals surface area contributed by atoms with Crippen molar-refractivity contribution in [1.82, 2.24) is 4.90 Å². The van der Waals surface area contributed by atoms with Gasteiger partial charge < -0.3 is 19.7 Å². The fourth-order valence-electron chi connectivity index (χ4n) is 6.72. The normalized spacial score (nSPS) is 31.4. The van der Waals surface area contributed by atoms with Crippen molar-refractivity contribution < 1.29 is 19.7 Å². The highest BCUT2D eigenvalue weighted by atomic mass is 32.1. The number of hydrogen-bond donors (Lipinski definition) is 2. The van der Waals surface area contributed by atoms with E-state index in [2.05, 4.69) is 31.7 Å². The third-order valence-corrected chi connectivity index (χ3v) is 9.80. The number of likely N-dealkylation sites (tertiary alicyclic amines) is 1. The summed E-state index contributed by atoms with van der Waals surface area (Å²) in [4.78, 5) is 3.77. The first kappa shape index (κ1) is 24.8. The van der Waals surface area contributed by atoms with E-state index in [1.807, 2.05) is 24.4 Å². The summed E-state index contributed by atoms with van der Waals surface area (Å²) in [5, 5.41) is 21.2. The molecule has 190 valence electrons. The topological polar surface area (TPSA) is 62.2 Å². The zero-order valence-electron chi connectivity index (χ0n) is 21.6. The highest BCUT2D eigenvalue weighted by Gasteiger charge is 2.63. The number of fused-ring (bicyclic) bond motifs is 1. The zero-order chi connectivity index (χ0) is 24.9. The molecule has 3 heterocycles. The summed E-state index contributed by atoms with van der Waals surface area (Å²) in [6.45, 7) is 11.2. The molecule has 5 atom stereocenters. The molecule has 1 saturated heterocycles. The third-order valence-electron chi connectivity index (χ3n) is 8.79. The maximum Gasteiger partial charge on any atom is 0.165 e. The monoisotopic (exact) mass is 497 g/mol. The highest BCUT2D eigenvalue weighted by Crippen LogP contribution is 2.60. The smallest absolute Gasteiger partial charge is 0.165 e. The van der Waals surface area contributed by atoms with Gasteiger partial charge in [-0.25, -0.2) is 0 Å². The molecule has 0 bridgehead atoms. The highest BCUT2D eigenvalue weighted by molar-refractivity contribution is 7.10. The van der Waals surface area contributed by atoms with E-state index >= 15 is 0 Å². The van der Waals surface area contributed by atoms with Crippen LogP contribution in [0.3, 0.4) is 0 Å². The number of thiophene rings is 1. The van der Waals surface area contributed by atoms with E-state index in [0.29, 0.717) is 17.7 Å². The molecule has 6 heteroatoms. The molecule has 1 saturated carbocycles. The standard InChI is InChI=1S/C23H31NO3.C6H8OS/c1-13-5-8-18(25)21-19(13)23-9-10-24(12-16-6-7-16)15(3)17(23)11-14(2)20(26-4)22(23)27-21;1-5-2-3-8-6(5)4-7/h5,8,11,15-17,20,22,25H,6-7,9-10,12H2,1-4H3;2-3,7H,4H2,1H3/t15?,17?,20?,22-,23?;/m0./s1.